The summed E-state index contributed by atoms with van der Waals surface area (Å²) in [4.78, 5) is 23.2. The van der Waals surface area contributed by atoms with E-state index >= 15 is 0 Å². The number of rotatable bonds is 7. The van der Waals surface area contributed by atoms with Gasteiger partial charge in [-0.05, 0) is 48.4 Å². The molecule has 0 aliphatic heterocycles. The second-order valence-electron chi connectivity index (χ2n) is 5.29. The number of nitrogens with one attached hydrogen (secondary N) is 1. The first kappa shape index (κ1) is 18.8. The van der Waals surface area contributed by atoms with Crippen LogP contribution in [0, 0.1) is 0 Å². The van der Waals surface area contributed by atoms with Gasteiger partial charge in [0.1, 0.15) is 0 Å². The van der Waals surface area contributed by atoms with Crippen molar-refractivity contribution in [3.05, 3.63) is 52.0 Å². The fourth-order valence-corrected chi connectivity index (χ4v) is 2.80. The van der Waals surface area contributed by atoms with Crippen molar-refractivity contribution < 1.29 is 19.1 Å². The number of primary amides is 1. The fourth-order valence-electron chi connectivity index (χ4n) is 2.28. The van der Waals surface area contributed by atoms with E-state index in [1.807, 2.05) is 12.1 Å². The average Bonchev–Trinajstić information content (AvgIpc) is 2.60. The van der Waals surface area contributed by atoms with Crippen LogP contribution in [0.25, 0.3) is 0 Å². The van der Waals surface area contributed by atoms with Crippen molar-refractivity contribution in [1.82, 2.24) is 0 Å². The normalized spacial score (nSPS) is 10.2. The number of aryl methyl sites for hydroxylation is 1. The van der Waals surface area contributed by atoms with Crippen LogP contribution in [0.15, 0.2) is 40.9 Å². The van der Waals surface area contributed by atoms with E-state index in [1.165, 1.54) is 0 Å². The van der Waals surface area contributed by atoms with E-state index in [2.05, 4.69) is 21.2 Å². The molecular weight excluding hydrogens is 388 g/mol. The SMILES string of the molecule is COc1cc(Br)c(CCC(=O)Nc2ccc(C(N)=O)cc2)cc1OC. The highest BCUT2D eigenvalue weighted by molar-refractivity contribution is 9.10. The Morgan fingerprint density at radius 3 is 2.24 bits per heavy atom. The molecule has 7 heteroatoms. The van der Waals surface area contributed by atoms with Gasteiger partial charge in [-0.25, -0.2) is 0 Å². The lowest BCUT2D eigenvalue weighted by atomic mass is 10.1. The summed E-state index contributed by atoms with van der Waals surface area (Å²) in [5, 5.41) is 2.79. The second-order valence-corrected chi connectivity index (χ2v) is 6.14. The Morgan fingerprint density at radius 1 is 1.08 bits per heavy atom. The van der Waals surface area contributed by atoms with Crippen molar-refractivity contribution in [2.75, 3.05) is 19.5 Å². The number of hydrogen-bond donors (Lipinski definition) is 2. The number of ether oxygens (including phenoxy) is 2. The molecular formula is C18H19BrN2O4. The standard InChI is InChI=1S/C18H19BrN2O4/c1-24-15-9-12(14(19)10-16(15)25-2)5-8-17(22)21-13-6-3-11(4-7-13)18(20)23/h3-4,6-7,9-10H,5,8H2,1-2H3,(H2,20,23)(H,21,22). The van der Waals surface area contributed by atoms with E-state index in [4.69, 9.17) is 15.2 Å². The lowest BCUT2D eigenvalue weighted by Gasteiger charge is -2.12. The van der Waals surface area contributed by atoms with Gasteiger partial charge < -0.3 is 20.5 Å². The smallest absolute Gasteiger partial charge is 0.248 e. The van der Waals surface area contributed by atoms with Gasteiger partial charge in [-0.1, -0.05) is 15.9 Å². The predicted molar refractivity (Wildman–Crippen MR) is 99.2 cm³/mol. The van der Waals surface area contributed by atoms with Crippen LogP contribution >= 0.6 is 15.9 Å². The monoisotopic (exact) mass is 406 g/mol. The number of methoxy groups -OCH3 is 2. The summed E-state index contributed by atoms with van der Waals surface area (Å²) in [7, 11) is 3.14. The predicted octanol–water partition coefficient (Wildman–Crippen LogP) is 3.14. The Balaban J connectivity index is 1.99. The molecule has 25 heavy (non-hydrogen) atoms. The number of benzene rings is 2. The van der Waals surface area contributed by atoms with Gasteiger partial charge in [-0.2, -0.15) is 0 Å². The summed E-state index contributed by atoms with van der Waals surface area (Å²) in [6, 6.07) is 10.1. The van der Waals surface area contributed by atoms with Crippen molar-refractivity contribution in [3.63, 3.8) is 0 Å². The summed E-state index contributed by atoms with van der Waals surface area (Å²) in [6.45, 7) is 0. The minimum absolute atomic E-state index is 0.131. The quantitative estimate of drug-likeness (QED) is 0.738. The first-order valence-electron chi connectivity index (χ1n) is 7.54. The Hall–Kier alpha value is -2.54. The highest BCUT2D eigenvalue weighted by atomic mass is 79.9. The summed E-state index contributed by atoms with van der Waals surface area (Å²) >= 11 is 3.48. The number of hydrogen-bond acceptors (Lipinski definition) is 4. The zero-order valence-electron chi connectivity index (χ0n) is 14.0. The molecule has 3 N–H and O–H groups in total. The zero-order valence-corrected chi connectivity index (χ0v) is 15.6. The molecule has 6 nitrogen and oxygen atoms in total. The van der Waals surface area contributed by atoms with Gasteiger partial charge in [-0.15, -0.1) is 0 Å². The van der Waals surface area contributed by atoms with Crippen LogP contribution < -0.4 is 20.5 Å². The van der Waals surface area contributed by atoms with Crippen molar-refractivity contribution in [2.24, 2.45) is 5.73 Å². The third-order valence-corrected chi connectivity index (χ3v) is 4.37. The maximum Gasteiger partial charge on any atom is 0.248 e. The molecule has 0 radical (unpaired) electrons. The van der Waals surface area contributed by atoms with Gasteiger partial charge in [0.25, 0.3) is 0 Å². The molecule has 0 aliphatic carbocycles. The number of carbonyl (C=O) groups is 2. The lowest BCUT2D eigenvalue weighted by molar-refractivity contribution is -0.116. The molecule has 0 fully saturated rings. The summed E-state index contributed by atoms with van der Waals surface area (Å²) in [5.41, 5.74) is 7.14. The molecule has 0 saturated carbocycles. The Morgan fingerprint density at radius 2 is 1.68 bits per heavy atom. The molecule has 0 heterocycles. The lowest BCUT2D eigenvalue weighted by Crippen LogP contribution is -2.14. The molecule has 2 rings (SSSR count). The molecule has 132 valence electrons. The van der Waals surface area contributed by atoms with Crippen LogP contribution in [-0.4, -0.2) is 26.0 Å². The first-order valence-corrected chi connectivity index (χ1v) is 8.34. The van der Waals surface area contributed by atoms with Crippen LogP contribution in [0.4, 0.5) is 5.69 Å². The van der Waals surface area contributed by atoms with E-state index in [0.717, 1.165) is 10.0 Å². The summed E-state index contributed by atoms with van der Waals surface area (Å²) < 4.78 is 11.4. The zero-order chi connectivity index (χ0) is 18.4. The highest BCUT2D eigenvalue weighted by Crippen LogP contribution is 2.33. The molecule has 0 saturated heterocycles. The van der Waals surface area contributed by atoms with Crippen molar-refractivity contribution >= 4 is 33.4 Å². The van der Waals surface area contributed by atoms with Gasteiger partial charge in [0.2, 0.25) is 11.8 Å². The van der Waals surface area contributed by atoms with Crippen LogP contribution in [0.2, 0.25) is 0 Å². The number of nitrogens with two attached hydrogens (primary N) is 1. The number of carbonyl (C=O) groups excluding carboxylic acids is 2. The van der Waals surface area contributed by atoms with Crippen molar-refractivity contribution in [1.29, 1.82) is 0 Å². The van der Waals surface area contributed by atoms with E-state index in [0.29, 0.717) is 35.6 Å². The fraction of sp³-hybridized carbons (Fsp3) is 0.222. The topological polar surface area (TPSA) is 90.6 Å². The average molecular weight is 407 g/mol. The van der Waals surface area contributed by atoms with Crippen molar-refractivity contribution in [3.8, 4) is 11.5 Å². The Labute approximate surface area is 154 Å². The van der Waals surface area contributed by atoms with Gasteiger partial charge in [0.15, 0.2) is 11.5 Å². The van der Waals surface area contributed by atoms with Gasteiger partial charge in [0.05, 0.1) is 14.2 Å². The summed E-state index contributed by atoms with van der Waals surface area (Å²) in [6.07, 6.45) is 0.831. The maximum atomic E-state index is 12.1. The number of halogens is 1. The summed E-state index contributed by atoms with van der Waals surface area (Å²) in [5.74, 6) is 0.602. The molecule has 2 amide bonds. The number of amides is 2. The van der Waals surface area contributed by atoms with Gasteiger partial charge in [-0.3, -0.25) is 9.59 Å². The molecule has 2 aromatic carbocycles. The minimum atomic E-state index is -0.504. The van der Waals surface area contributed by atoms with E-state index in [9.17, 15) is 9.59 Å². The van der Waals surface area contributed by atoms with Crippen LogP contribution in [-0.2, 0) is 11.2 Å². The molecule has 0 bridgehead atoms. The van der Waals surface area contributed by atoms with Gasteiger partial charge >= 0.3 is 0 Å². The van der Waals surface area contributed by atoms with Gasteiger partial charge in [0, 0.05) is 22.1 Å². The van der Waals surface area contributed by atoms with E-state index < -0.39 is 5.91 Å². The largest absolute Gasteiger partial charge is 0.493 e. The molecule has 0 unspecified atom stereocenters. The second kappa shape index (κ2) is 8.53. The first-order chi connectivity index (χ1) is 11.9. The molecule has 0 aliphatic rings. The van der Waals surface area contributed by atoms with Crippen LogP contribution in [0.1, 0.15) is 22.3 Å². The van der Waals surface area contributed by atoms with Crippen LogP contribution in [0.3, 0.4) is 0 Å². The molecule has 2 aromatic rings. The third kappa shape index (κ3) is 4.96. The molecule has 0 aromatic heterocycles. The number of anilines is 1. The Bertz CT molecular complexity index is 775. The van der Waals surface area contributed by atoms with E-state index in [-0.39, 0.29) is 5.91 Å². The Kier molecular flexibility index (Phi) is 6.41. The van der Waals surface area contributed by atoms with E-state index in [1.54, 1.807) is 38.5 Å². The molecule has 0 spiro atoms. The third-order valence-electron chi connectivity index (χ3n) is 3.63. The van der Waals surface area contributed by atoms with Crippen molar-refractivity contribution in [2.45, 2.75) is 12.8 Å². The maximum absolute atomic E-state index is 12.1. The molecule has 0 atom stereocenters. The minimum Gasteiger partial charge on any atom is -0.493 e. The highest BCUT2D eigenvalue weighted by Gasteiger charge is 2.11. The van der Waals surface area contributed by atoms with Crippen LogP contribution in [0.5, 0.6) is 11.5 Å².